The van der Waals surface area contributed by atoms with Crippen molar-refractivity contribution in [3.8, 4) is 11.5 Å². The minimum absolute atomic E-state index is 0.0579. The molecule has 0 aliphatic heterocycles. The molecule has 2 aromatic carbocycles. The maximum atomic E-state index is 14.8. The van der Waals surface area contributed by atoms with Gasteiger partial charge in [-0.1, -0.05) is 6.07 Å². The Bertz CT molecular complexity index is 932. The molecule has 0 aromatic heterocycles. The van der Waals surface area contributed by atoms with Crippen LogP contribution in [0.2, 0.25) is 0 Å². The van der Waals surface area contributed by atoms with Gasteiger partial charge in [0.15, 0.2) is 11.6 Å². The van der Waals surface area contributed by atoms with Crippen LogP contribution in [0.5, 0.6) is 11.5 Å². The predicted octanol–water partition coefficient (Wildman–Crippen LogP) is 5.72. The lowest BCUT2D eigenvalue weighted by molar-refractivity contribution is 0.295. The molecule has 29 heavy (non-hydrogen) atoms. The maximum Gasteiger partial charge on any atom is 0.356 e. The molecule has 0 spiro atoms. The van der Waals surface area contributed by atoms with E-state index in [9.17, 15) is 18.7 Å². The number of aryl methyl sites for hydroxylation is 2. The summed E-state index contributed by atoms with van der Waals surface area (Å²) in [4.78, 5) is 18.8. The smallest absolute Gasteiger partial charge is 0.356 e. The van der Waals surface area contributed by atoms with Gasteiger partial charge >= 0.3 is 7.60 Å². The summed E-state index contributed by atoms with van der Waals surface area (Å²) in [5.41, 5.74) is 2.16. The fraction of sp³-hybridized carbons (Fsp3) is 0.478. The molecule has 2 aromatic rings. The van der Waals surface area contributed by atoms with Gasteiger partial charge in [0.25, 0.3) is 0 Å². The Morgan fingerprint density at radius 3 is 1.97 bits per heavy atom. The van der Waals surface area contributed by atoms with Gasteiger partial charge in [-0.15, -0.1) is 0 Å². The van der Waals surface area contributed by atoms with Crippen molar-refractivity contribution >= 4 is 12.9 Å². The van der Waals surface area contributed by atoms with E-state index in [1.54, 1.807) is 26.0 Å². The molecule has 2 fully saturated rings. The third-order valence-electron chi connectivity index (χ3n) is 6.48. The zero-order chi connectivity index (χ0) is 20.8. The van der Waals surface area contributed by atoms with Crippen molar-refractivity contribution in [2.75, 3.05) is 0 Å². The van der Waals surface area contributed by atoms with Crippen molar-refractivity contribution in [2.45, 2.75) is 58.3 Å². The first-order valence-electron chi connectivity index (χ1n) is 10.4. The Labute approximate surface area is 171 Å². The van der Waals surface area contributed by atoms with Crippen molar-refractivity contribution in [3.63, 3.8) is 0 Å². The van der Waals surface area contributed by atoms with Crippen LogP contribution in [0, 0.1) is 31.5 Å². The van der Waals surface area contributed by atoms with Gasteiger partial charge in [0.05, 0.1) is 5.30 Å². The quantitative estimate of drug-likeness (QED) is 0.610. The van der Waals surface area contributed by atoms with E-state index in [0.29, 0.717) is 22.8 Å². The molecule has 2 aliphatic carbocycles. The Hall–Kier alpha value is -1.68. The molecule has 0 saturated heterocycles. The van der Waals surface area contributed by atoms with E-state index >= 15 is 0 Å². The monoisotopic (exact) mass is 418 g/mol. The zero-order valence-corrected chi connectivity index (χ0v) is 17.8. The van der Waals surface area contributed by atoms with Gasteiger partial charge in [0.1, 0.15) is 5.75 Å². The van der Waals surface area contributed by atoms with Crippen LogP contribution in [-0.4, -0.2) is 9.79 Å². The Morgan fingerprint density at radius 2 is 1.48 bits per heavy atom. The van der Waals surface area contributed by atoms with Crippen LogP contribution in [-0.2, 0) is 4.57 Å². The summed E-state index contributed by atoms with van der Waals surface area (Å²) >= 11 is 0. The third kappa shape index (κ3) is 4.58. The van der Waals surface area contributed by atoms with Crippen LogP contribution < -0.4 is 10.0 Å². The summed E-state index contributed by atoms with van der Waals surface area (Å²) in [7, 11) is -4.34. The van der Waals surface area contributed by atoms with Gasteiger partial charge in [0, 0.05) is 0 Å². The van der Waals surface area contributed by atoms with Crippen LogP contribution in [0.25, 0.3) is 0 Å². The largest absolute Gasteiger partial charge is 0.454 e. The molecule has 2 aliphatic rings. The first-order valence-corrected chi connectivity index (χ1v) is 12.0. The highest BCUT2D eigenvalue weighted by molar-refractivity contribution is 7.60. The summed E-state index contributed by atoms with van der Waals surface area (Å²) < 4.78 is 32.1. The second kappa shape index (κ2) is 7.86. The molecule has 0 heterocycles. The minimum atomic E-state index is -4.34. The highest BCUT2D eigenvalue weighted by Gasteiger charge is 2.34. The van der Waals surface area contributed by atoms with Gasteiger partial charge in [-0.05, 0) is 111 Å². The van der Waals surface area contributed by atoms with E-state index in [1.165, 1.54) is 37.8 Å². The van der Waals surface area contributed by atoms with Crippen LogP contribution >= 0.6 is 7.60 Å². The van der Waals surface area contributed by atoms with Crippen LogP contribution in [0.15, 0.2) is 30.3 Å². The SMILES string of the molecule is Cc1cc(P(=O)(O)O)cc(C)c1Oc1ccc([C@H]2CC[C@H](C3CC3)CC2)cc1F. The first kappa shape index (κ1) is 20.6. The normalized spacial score (nSPS) is 22.5. The third-order valence-corrected chi connectivity index (χ3v) is 7.41. The number of halogens is 1. The molecule has 0 unspecified atom stereocenters. The molecule has 0 bridgehead atoms. The Morgan fingerprint density at radius 1 is 0.931 bits per heavy atom. The van der Waals surface area contributed by atoms with Gasteiger partial charge in [-0.2, -0.15) is 0 Å². The van der Waals surface area contributed by atoms with Crippen molar-refractivity contribution in [1.82, 2.24) is 0 Å². The number of hydrogen-bond donors (Lipinski definition) is 2. The Balaban J connectivity index is 1.49. The van der Waals surface area contributed by atoms with Crippen molar-refractivity contribution < 1.29 is 23.5 Å². The van der Waals surface area contributed by atoms with E-state index in [1.807, 2.05) is 6.07 Å². The molecular weight excluding hydrogens is 390 g/mol. The summed E-state index contributed by atoms with van der Waals surface area (Å²) in [6.07, 6.45) is 7.54. The molecular formula is C23H28FO4P. The summed E-state index contributed by atoms with van der Waals surface area (Å²) in [6, 6.07) is 8.01. The number of hydrogen-bond acceptors (Lipinski definition) is 2. The van der Waals surface area contributed by atoms with E-state index in [-0.39, 0.29) is 11.1 Å². The van der Waals surface area contributed by atoms with Crippen LogP contribution in [0.3, 0.4) is 0 Å². The van der Waals surface area contributed by atoms with Gasteiger partial charge in [-0.25, -0.2) is 4.39 Å². The fourth-order valence-electron chi connectivity index (χ4n) is 4.71. The molecule has 156 valence electrons. The second-order valence-electron chi connectivity index (χ2n) is 8.69. The highest BCUT2D eigenvalue weighted by Crippen LogP contribution is 2.47. The van der Waals surface area contributed by atoms with E-state index in [2.05, 4.69) is 0 Å². The van der Waals surface area contributed by atoms with Gasteiger partial charge in [0.2, 0.25) is 0 Å². The summed E-state index contributed by atoms with van der Waals surface area (Å²) in [5, 5.41) is -0.0579. The first-order chi connectivity index (χ1) is 13.7. The standard InChI is InChI=1S/C23H28FO4P/c1-14-11-20(29(25,26)27)12-15(2)23(14)28-22-10-9-19(13-21(22)24)18-7-5-17(6-8-18)16-3-4-16/h9-13,16-18H,3-8H2,1-2H3,(H2,25,26,27)/t17-,18-. The average Bonchev–Trinajstić information content (AvgIpc) is 3.50. The lowest BCUT2D eigenvalue weighted by Crippen LogP contribution is -2.15. The van der Waals surface area contributed by atoms with Crippen molar-refractivity contribution in [1.29, 1.82) is 0 Å². The van der Waals surface area contributed by atoms with Crippen molar-refractivity contribution in [3.05, 3.63) is 52.8 Å². The molecule has 0 atom stereocenters. The lowest BCUT2D eigenvalue weighted by Gasteiger charge is -2.29. The fourth-order valence-corrected chi connectivity index (χ4v) is 5.44. The zero-order valence-electron chi connectivity index (χ0n) is 16.9. The average molecular weight is 418 g/mol. The lowest BCUT2D eigenvalue weighted by atomic mass is 9.77. The molecule has 0 radical (unpaired) electrons. The summed E-state index contributed by atoms with van der Waals surface area (Å²) in [5.74, 6) is 2.41. The molecule has 4 rings (SSSR count). The van der Waals surface area contributed by atoms with Crippen LogP contribution in [0.1, 0.15) is 61.1 Å². The topological polar surface area (TPSA) is 66.8 Å². The van der Waals surface area contributed by atoms with Gasteiger partial charge < -0.3 is 14.5 Å². The van der Waals surface area contributed by atoms with Crippen LogP contribution in [0.4, 0.5) is 4.39 Å². The van der Waals surface area contributed by atoms with Gasteiger partial charge in [-0.3, -0.25) is 4.57 Å². The predicted molar refractivity (Wildman–Crippen MR) is 111 cm³/mol. The maximum absolute atomic E-state index is 14.8. The second-order valence-corrected chi connectivity index (χ2v) is 10.3. The molecule has 4 nitrogen and oxygen atoms in total. The number of benzene rings is 2. The van der Waals surface area contributed by atoms with E-state index in [4.69, 9.17) is 4.74 Å². The number of ether oxygens (including phenoxy) is 1. The number of rotatable bonds is 5. The molecule has 2 N–H and O–H groups in total. The Kier molecular flexibility index (Phi) is 5.58. The van der Waals surface area contributed by atoms with E-state index < -0.39 is 13.4 Å². The molecule has 2 saturated carbocycles. The van der Waals surface area contributed by atoms with E-state index in [0.717, 1.165) is 30.2 Å². The van der Waals surface area contributed by atoms with Crippen molar-refractivity contribution in [2.24, 2.45) is 11.8 Å². The summed E-state index contributed by atoms with van der Waals surface area (Å²) in [6.45, 7) is 3.40. The minimum Gasteiger partial charge on any atom is -0.454 e. The highest BCUT2D eigenvalue weighted by atomic mass is 31.2. The molecule has 6 heteroatoms. The molecule has 0 amide bonds.